The average Bonchev–Trinajstić information content (AvgIpc) is 2.20. The fourth-order valence-electron chi connectivity index (χ4n) is 0.784. The first-order valence-electron chi connectivity index (χ1n) is 4.83. The zero-order valence-corrected chi connectivity index (χ0v) is 10.6. The molecule has 5 heteroatoms. The second-order valence-electron chi connectivity index (χ2n) is 2.91. The highest BCUT2D eigenvalue weighted by atomic mass is 16.4. The van der Waals surface area contributed by atoms with Crippen molar-refractivity contribution in [2.75, 3.05) is 28.2 Å². The van der Waals surface area contributed by atoms with Crippen molar-refractivity contribution in [2.45, 2.75) is 6.92 Å². The van der Waals surface area contributed by atoms with Gasteiger partial charge in [-0.25, -0.2) is 4.79 Å². The number of rotatable bonds is 2. The van der Waals surface area contributed by atoms with E-state index in [1.54, 1.807) is 19.2 Å². The van der Waals surface area contributed by atoms with Gasteiger partial charge in [0, 0.05) is 34.3 Å². The number of aliphatic imine (C=N–C) groups is 1. The molecule has 0 atom stereocenters. The molecule has 92 valence electrons. The van der Waals surface area contributed by atoms with Crippen LogP contribution in [0.3, 0.4) is 0 Å². The lowest BCUT2D eigenvalue weighted by Gasteiger charge is -2.12. The van der Waals surface area contributed by atoms with E-state index in [4.69, 9.17) is 5.11 Å². The third-order valence-electron chi connectivity index (χ3n) is 1.40. The quantitative estimate of drug-likeness (QED) is 0.319. The number of carboxylic acids is 1. The first-order valence-corrected chi connectivity index (χ1v) is 4.83. The van der Waals surface area contributed by atoms with Gasteiger partial charge in [0.25, 0.3) is 0 Å². The molecule has 16 heavy (non-hydrogen) atoms. The number of nitrogens with one attached hydrogen (secondary N) is 1. The average molecular weight is 227 g/mol. The molecule has 0 aliphatic rings. The van der Waals surface area contributed by atoms with Crippen LogP contribution in [-0.4, -0.2) is 50.1 Å². The summed E-state index contributed by atoms with van der Waals surface area (Å²) < 4.78 is 0. The second kappa shape index (κ2) is 11.3. The van der Waals surface area contributed by atoms with Crippen LogP contribution in [0.25, 0.3) is 0 Å². The van der Waals surface area contributed by atoms with Crippen molar-refractivity contribution >= 4 is 11.9 Å². The third kappa shape index (κ3) is 12.2. The molecule has 0 aromatic heterocycles. The largest absolute Gasteiger partial charge is 0.478 e. The van der Waals surface area contributed by atoms with Crippen molar-refractivity contribution < 1.29 is 9.90 Å². The van der Waals surface area contributed by atoms with Crippen molar-refractivity contribution in [3.63, 3.8) is 0 Å². The Morgan fingerprint density at radius 2 is 1.94 bits per heavy atom. The second-order valence-corrected chi connectivity index (χ2v) is 2.91. The summed E-state index contributed by atoms with van der Waals surface area (Å²) in [6.45, 7) is 1.83. The molecule has 0 fully saturated rings. The van der Waals surface area contributed by atoms with Crippen LogP contribution in [0.2, 0.25) is 0 Å². The lowest BCUT2D eigenvalue weighted by molar-refractivity contribution is -0.131. The standard InChI is InChI=1S/C6H8O2.C5H13N3/c1-2-3-4-5-6(7)8;1-6-5(7-2)8(3)4/h2-5H,1H3,(H,7,8);1-4H3,(H,6,7)/b3-2+,5-4+;. The van der Waals surface area contributed by atoms with Crippen LogP contribution >= 0.6 is 0 Å². The molecule has 0 aliphatic carbocycles. The highest BCUT2D eigenvalue weighted by Gasteiger charge is 1.91. The molecule has 0 rings (SSSR count). The minimum Gasteiger partial charge on any atom is -0.478 e. The predicted molar refractivity (Wildman–Crippen MR) is 67.7 cm³/mol. The summed E-state index contributed by atoms with van der Waals surface area (Å²) in [6.07, 6.45) is 5.98. The van der Waals surface area contributed by atoms with Crippen molar-refractivity contribution in [1.29, 1.82) is 0 Å². The summed E-state index contributed by atoms with van der Waals surface area (Å²) in [6, 6.07) is 0. The maximum Gasteiger partial charge on any atom is 0.328 e. The lowest BCUT2D eigenvalue weighted by atomic mass is 10.4. The summed E-state index contributed by atoms with van der Waals surface area (Å²) in [5.41, 5.74) is 0. The lowest BCUT2D eigenvalue weighted by Crippen LogP contribution is -2.33. The van der Waals surface area contributed by atoms with Crippen molar-refractivity contribution in [3.8, 4) is 0 Å². The summed E-state index contributed by atoms with van der Waals surface area (Å²) in [5.74, 6) is -0.0203. The molecular weight excluding hydrogens is 206 g/mol. The Morgan fingerprint density at radius 3 is 2.12 bits per heavy atom. The molecule has 0 saturated heterocycles. The van der Waals surface area contributed by atoms with E-state index in [2.05, 4.69) is 10.3 Å². The normalized spacial score (nSPS) is 11.2. The predicted octanol–water partition coefficient (Wildman–Crippen LogP) is 0.957. The third-order valence-corrected chi connectivity index (χ3v) is 1.40. The molecular formula is C11H21N3O2. The Bertz CT molecular complexity index is 268. The number of carbonyl (C=O) groups is 1. The van der Waals surface area contributed by atoms with Gasteiger partial charge in [-0.15, -0.1) is 0 Å². The number of carboxylic acid groups (broad SMARTS) is 1. The fourth-order valence-corrected chi connectivity index (χ4v) is 0.784. The number of nitrogens with zero attached hydrogens (tertiary/aromatic N) is 2. The van der Waals surface area contributed by atoms with Gasteiger partial charge in [0.15, 0.2) is 5.96 Å². The molecule has 0 aliphatic heterocycles. The molecule has 0 bridgehead atoms. The van der Waals surface area contributed by atoms with Crippen LogP contribution in [0.4, 0.5) is 0 Å². The van der Waals surface area contributed by atoms with Gasteiger partial charge in [-0.3, -0.25) is 4.99 Å². The Kier molecular flexibility index (Phi) is 11.7. The molecule has 0 radical (unpaired) electrons. The minimum absolute atomic E-state index is 0.894. The number of aliphatic carboxylic acids is 1. The Balaban J connectivity index is 0. The Morgan fingerprint density at radius 1 is 1.38 bits per heavy atom. The monoisotopic (exact) mass is 227 g/mol. The van der Waals surface area contributed by atoms with E-state index in [-0.39, 0.29) is 0 Å². The van der Waals surface area contributed by atoms with Crippen molar-refractivity contribution in [3.05, 3.63) is 24.3 Å². The van der Waals surface area contributed by atoms with Crippen LogP contribution in [0.1, 0.15) is 6.92 Å². The number of hydrogen-bond acceptors (Lipinski definition) is 2. The van der Waals surface area contributed by atoms with E-state index in [0.29, 0.717) is 0 Å². The summed E-state index contributed by atoms with van der Waals surface area (Å²) in [7, 11) is 7.49. The minimum atomic E-state index is -0.914. The highest BCUT2D eigenvalue weighted by Crippen LogP contribution is 1.74. The van der Waals surface area contributed by atoms with Gasteiger partial charge < -0.3 is 15.3 Å². The first-order chi connectivity index (χ1) is 7.49. The van der Waals surface area contributed by atoms with Gasteiger partial charge in [0.05, 0.1) is 0 Å². The SMILES string of the molecule is C/C=C/C=C/C(=O)O.CN=C(NC)N(C)C. The maximum absolute atomic E-state index is 9.75. The van der Waals surface area contributed by atoms with Gasteiger partial charge in [0.1, 0.15) is 0 Å². The zero-order chi connectivity index (χ0) is 13.0. The first kappa shape index (κ1) is 16.6. The van der Waals surface area contributed by atoms with Gasteiger partial charge in [-0.05, 0) is 6.92 Å². The molecule has 0 unspecified atom stereocenters. The molecule has 0 aromatic carbocycles. The smallest absolute Gasteiger partial charge is 0.328 e. The van der Waals surface area contributed by atoms with E-state index < -0.39 is 5.97 Å². The molecule has 0 amide bonds. The molecule has 0 heterocycles. The number of guanidine groups is 1. The van der Waals surface area contributed by atoms with Gasteiger partial charge in [0.2, 0.25) is 0 Å². The van der Waals surface area contributed by atoms with Crippen LogP contribution in [0, 0.1) is 0 Å². The van der Waals surface area contributed by atoms with E-state index in [0.717, 1.165) is 12.0 Å². The van der Waals surface area contributed by atoms with Gasteiger partial charge in [-0.1, -0.05) is 18.2 Å². The van der Waals surface area contributed by atoms with Gasteiger partial charge in [-0.2, -0.15) is 0 Å². The van der Waals surface area contributed by atoms with Crippen molar-refractivity contribution in [1.82, 2.24) is 10.2 Å². The maximum atomic E-state index is 9.75. The zero-order valence-electron chi connectivity index (χ0n) is 10.6. The van der Waals surface area contributed by atoms with Gasteiger partial charge >= 0.3 is 5.97 Å². The number of hydrogen-bond donors (Lipinski definition) is 2. The van der Waals surface area contributed by atoms with Crippen LogP contribution in [0.5, 0.6) is 0 Å². The Hall–Kier alpha value is -1.78. The topological polar surface area (TPSA) is 64.9 Å². The summed E-state index contributed by atoms with van der Waals surface area (Å²) in [4.78, 5) is 15.6. The number of allylic oxidation sites excluding steroid dienone is 3. The summed E-state index contributed by atoms with van der Waals surface area (Å²) >= 11 is 0. The Labute approximate surface area is 97.2 Å². The fraction of sp³-hybridized carbons (Fsp3) is 0.455. The van der Waals surface area contributed by atoms with Crippen LogP contribution in [0.15, 0.2) is 29.3 Å². The highest BCUT2D eigenvalue weighted by molar-refractivity contribution is 5.80. The van der Waals surface area contributed by atoms with Crippen LogP contribution in [-0.2, 0) is 4.79 Å². The summed E-state index contributed by atoms with van der Waals surface area (Å²) in [5, 5.41) is 10.9. The molecule has 0 spiro atoms. The van der Waals surface area contributed by atoms with E-state index in [9.17, 15) is 4.79 Å². The van der Waals surface area contributed by atoms with Crippen molar-refractivity contribution in [2.24, 2.45) is 4.99 Å². The molecule has 2 N–H and O–H groups in total. The van der Waals surface area contributed by atoms with E-state index >= 15 is 0 Å². The molecule has 0 aromatic rings. The van der Waals surface area contributed by atoms with Crippen LogP contribution < -0.4 is 5.32 Å². The molecule has 0 saturated carbocycles. The van der Waals surface area contributed by atoms with E-state index in [1.807, 2.05) is 33.0 Å². The molecule has 5 nitrogen and oxygen atoms in total. The van der Waals surface area contributed by atoms with E-state index in [1.165, 1.54) is 6.08 Å².